The molecule has 0 spiro atoms. The zero-order chi connectivity index (χ0) is 22.6. The molecule has 2 amide bonds. The second-order valence-electron chi connectivity index (χ2n) is 7.93. The van der Waals surface area contributed by atoms with Crippen molar-refractivity contribution < 1.29 is 33.0 Å². The summed E-state index contributed by atoms with van der Waals surface area (Å²) in [5.74, 6) is -2.74. The van der Waals surface area contributed by atoms with E-state index in [2.05, 4.69) is 4.72 Å². The van der Waals surface area contributed by atoms with E-state index in [0.717, 1.165) is 4.90 Å². The summed E-state index contributed by atoms with van der Waals surface area (Å²) in [6, 6.07) is 5.94. The summed E-state index contributed by atoms with van der Waals surface area (Å²) in [6.07, 6.45) is 0.0810. The fraction of sp³-hybridized carbons (Fsp3) is 0.550. The number of amides is 2. The average molecular weight is 454 g/mol. The third-order valence-electron chi connectivity index (χ3n) is 5.54. The van der Waals surface area contributed by atoms with Gasteiger partial charge in [0.1, 0.15) is 12.1 Å². The smallest absolute Gasteiger partial charge is 0.326 e. The van der Waals surface area contributed by atoms with Gasteiger partial charge in [0, 0.05) is 19.6 Å². The molecule has 0 bridgehead atoms. The van der Waals surface area contributed by atoms with Gasteiger partial charge < -0.3 is 20.0 Å². The molecule has 2 heterocycles. The number of nitrogens with zero attached hydrogens (tertiary/aromatic N) is 2. The summed E-state index contributed by atoms with van der Waals surface area (Å²) < 4.78 is 27.8. The number of aliphatic hydroxyl groups excluding tert-OH is 1. The number of β-amino-alcohol motifs (C(OH)–C–C–N with tert-alkyl or cyclic N) is 1. The van der Waals surface area contributed by atoms with Gasteiger partial charge in [-0.2, -0.15) is 0 Å². The van der Waals surface area contributed by atoms with Crippen molar-refractivity contribution in [3.63, 3.8) is 0 Å². The van der Waals surface area contributed by atoms with Crippen LogP contribution in [0.25, 0.3) is 0 Å². The maximum atomic E-state index is 13.1. The normalized spacial score (nSPS) is 22.5. The number of carbonyl (C=O) groups is 3. The van der Waals surface area contributed by atoms with E-state index in [1.54, 1.807) is 30.3 Å². The van der Waals surface area contributed by atoms with Crippen LogP contribution in [0.2, 0.25) is 0 Å². The minimum absolute atomic E-state index is 0.123. The predicted molar refractivity (Wildman–Crippen MR) is 110 cm³/mol. The largest absolute Gasteiger partial charge is 0.480 e. The van der Waals surface area contributed by atoms with Crippen LogP contribution in [0.1, 0.15) is 31.2 Å². The molecule has 0 unspecified atom stereocenters. The quantitative estimate of drug-likeness (QED) is 0.483. The van der Waals surface area contributed by atoms with E-state index in [4.69, 9.17) is 0 Å². The van der Waals surface area contributed by atoms with Gasteiger partial charge in [-0.05, 0) is 24.8 Å². The van der Waals surface area contributed by atoms with E-state index >= 15 is 0 Å². The molecule has 0 aromatic heterocycles. The van der Waals surface area contributed by atoms with Gasteiger partial charge in [0.25, 0.3) is 0 Å². The number of carboxylic acid groups (broad SMARTS) is 1. The lowest BCUT2D eigenvalue weighted by Gasteiger charge is -2.28. The number of hydrogen-bond acceptors (Lipinski definition) is 6. The lowest BCUT2D eigenvalue weighted by Crippen LogP contribution is -2.53. The number of carbonyl (C=O) groups excluding carboxylic acids is 2. The van der Waals surface area contributed by atoms with Crippen LogP contribution in [0.4, 0.5) is 0 Å². The van der Waals surface area contributed by atoms with Crippen LogP contribution in [0.15, 0.2) is 30.3 Å². The Morgan fingerprint density at radius 2 is 1.84 bits per heavy atom. The number of carboxylic acids is 1. The molecular weight excluding hydrogens is 426 g/mol. The highest BCUT2D eigenvalue weighted by Crippen LogP contribution is 2.21. The van der Waals surface area contributed by atoms with Crippen molar-refractivity contribution in [1.29, 1.82) is 0 Å². The van der Waals surface area contributed by atoms with Crippen LogP contribution in [-0.4, -0.2) is 84.0 Å². The number of benzene rings is 1. The molecule has 0 aliphatic carbocycles. The Balaban J connectivity index is 1.78. The molecule has 0 saturated carbocycles. The van der Waals surface area contributed by atoms with Gasteiger partial charge in [0.05, 0.1) is 18.3 Å². The topological polar surface area (TPSA) is 144 Å². The summed E-state index contributed by atoms with van der Waals surface area (Å²) in [4.78, 5) is 39.8. The Morgan fingerprint density at radius 1 is 1.13 bits per heavy atom. The Morgan fingerprint density at radius 3 is 2.45 bits per heavy atom. The molecule has 170 valence electrons. The van der Waals surface area contributed by atoms with Gasteiger partial charge in [0.2, 0.25) is 21.8 Å². The van der Waals surface area contributed by atoms with E-state index in [1.807, 2.05) is 0 Å². The number of aliphatic hydroxyl groups is 1. The van der Waals surface area contributed by atoms with Crippen molar-refractivity contribution in [2.24, 2.45) is 0 Å². The Bertz CT molecular complexity index is 922. The lowest BCUT2D eigenvalue weighted by atomic mass is 10.1. The second-order valence-corrected chi connectivity index (χ2v) is 9.68. The van der Waals surface area contributed by atoms with Crippen LogP contribution in [0, 0.1) is 0 Å². The van der Waals surface area contributed by atoms with Gasteiger partial charge >= 0.3 is 5.97 Å². The van der Waals surface area contributed by atoms with Gasteiger partial charge in [-0.1, -0.05) is 30.3 Å². The molecule has 3 atom stereocenters. The Hall–Kier alpha value is -2.50. The highest BCUT2D eigenvalue weighted by molar-refractivity contribution is 7.88. The number of sulfonamides is 1. The van der Waals surface area contributed by atoms with Gasteiger partial charge in [-0.15, -0.1) is 0 Å². The van der Waals surface area contributed by atoms with Crippen molar-refractivity contribution in [1.82, 2.24) is 14.5 Å². The van der Waals surface area contributed by atoms with Gasteiger partial charge in [-0.3, -0.25) is 9.59 Å². The molecule has 10 nitrogen and oxygen atoms in total. The minimum atomic E-state index is -3.99. The van der Waals surface area contributed by atoms with Crippen LogP contribution in [0.3, 0.4) is 0 Å². The van der Waals surface area contributed by atoms with Crippen LogP contribution >= 0.6 is 0 Å². The number of likely N-dealkylation sites (tertiary alicyclic amines) is 2. The Kier molecular flexibility index (Phi) is 7.29. The maximum absolute atomic E-state index is 13.1. The van der Waals surface area contributed by atoms with Crippen molar-refractivity contribution in [3.05, 3.63) is 35.9 Å². The molecule has 11 heteroatoms. The fourth-order valence-electron chi connectivity index (χ4n) is 3.99. The summed E-state index contributed by atoms with van der Waals surface area (Å²) in [6.45, 7) is 0.625. The summed E-state index contributed by atoms with van der Waals surface area (Å²) in [5, 5.41) is 19.1. The highest BCUT2D eigenvalue weighted by Gasteiger charge is 2.40. The lowest BCUT2D eigenvalue weighted by molar-refractivity contribution is -0.149. The minimum Gasteiger partial charge on any atom is -0.480 e. The van der Waals surface area contributed by atoms with E-state index in [0.29, 0.717) is 24.9 Å². The number of hydrogen-bond donors (Lipinski definition) is 3. The SMILES string of the molecule is O=C(O)[C@@H]1CCCN1C(=O)[C@@H](CC(=O)N1CC[C@H](O)C1)NS(=O)(=O)Cc1ccccc1. The summed E-state index contributed by atoms with van der Waals surface area (Å²) in [5.41, 5.74) is 0.514. The van der Waals surface area contributed by atoms with Crippen LogP contribution in [-0.2, 0) is 30.2 Å². The van der Waals surface area contributed by atoms with Crippen LogP contribution < -0.4 is 4.72 Å². The third-order valence-corrected chi connectivity index (χ3v) is 6.89. The summed E-state index contributed by atoms with van der Waals surface area (Å²) in [7, 11) is -3.99. The molecular formula is C20H27N3O7S. The average Bonchev–Trinajstić information content (AvgIpc) is 3.36. The van der Waals surface area contributed by atoms with E-state index in [1.165, 1.54) is 4.90 Å². The van der Waals surface area contributed by atoms with Crippen molar-refractivity contribution in [2.75, 3.05) is 19.6 Å². The van der Waals surface area contributed by atoms with Crippen molar-refractivity contribution in [2.45, 2.75) is 49.6 Å². The van der Waals surface area contributed by atoms with E-state index in [9.17, 15) is 33.0 Å². The molecule has 31 heavy (non-hydrogen) atoms. The standard InChI is InChI=1S/C20H27N3O7S/c24-15-8-10-22(12-15)18(25)11-16(19(26)23-9-4-7-17(23)20(27)28)21-31(29,30)13-14-5-2-1-3-6-14/h1-3,5-6,15-17,21,24H,4,7-13H2,(H,27,28)/t15-,16+,17-/m0/s1. The maximum Gasteiger partial charge on any atom is 0.326 e. The summed E-state index contributed by atoms with van der Waals surface area (Å²) >= 11 is 0. The third kappa shape index (κ3) is 6.02. The number of aliphatic carboxylic acids is 1. The predicted octanol–water partition coefficient (Wildman–Crippen LogP) is -0.466. The highest BCUT2D eigenvalue weighted by atomic mass is 32.2. The molecule has 2 fully saturated rings. The molecule has 3 N–H and O–H groups in total. The van der Waals surface area contributed by atoms with Gasteiger partial charge in [-0.25, -0.2) is 17.9 Å². The van der Waals surface area contributed by atoms with Crippen molar-refractivity contribution >= 4 is 27.8 Å². The monoisotopic (exact) mass is 453 g/mol. The van der Waals surface area contributed by atoms with Gasteiger partial charge in [0.15, 0.2) is 0 Å². The van der Waals surface area contributed by atoms with Crippen LogP contribution in [0.5, 0.6) is 0 Å². The van der Waals surface area contributed by atoms with Crippen molar-refractivity contribution in [3.8, 4) is 0 Å². The molecule has 1 aromatic carbocycles. The molecule has 2 aliphatic heterocycles. The molecule has 0 radical (unpaired) electrons. The first-order valence-electron chi connectivity index (χ1n) is 10.2. The first-order valence-corrected chi connectivity index (χ1v) is 11.8. The fourth-order valence-corrected chi connectivity index (χ4v) is 5.32. The number of rotatable bonds is 8. The second kappa shape index (κ2) is 9.75. The first-order chi connectivity index (χ1) is 14.7. The first kappa shape index (κ1) is 23.2. The Labute approximate surface area is 180 Å². The molecule has 2 saturated heterocycles. The van der Waals surface area contributed by atoms with E-state index < -0.39 is 52.4 Å². The molecule has 2 aliphatic rings. The van der Waals surface area contributed by atoms with E-state index in [-0.39, 0.29) is 25.3 Å². The molecule has 1 aromatic rings. The molecule has 3 rings (SSSR count). The zero-order valence-electron chi connectivity index (χ0n) is 17.0. The zero-order valence-corrected chi connectivity index (χ0v) is 17.8. The number of nitrogens with one attached hydrogen (secondary N) is 1.